The average Bonchev–Trinajstić information content (AvgIpc) is 0.748. The molecule has 756 valence electrons. The summed E-state index contributed by atoms with van der Waals surface area (Å²) in [5.74, 6) is -220. The van der Waals surface area contributed by atoms with Crippen molar-refractivity contribution in [3.05, 3.63) is 0 Å². The van der Waals surface area contributed by atoms with Crippen molar-refractivity contribution in [2.45, 2.75) is 296 Å². The summed E-state index contributed by atoms with van der Waals surface area (Å²) in [5, 5.41) is 0. The van der Waals surface area contributed by atoms with Crippen LogP contribution in [0.4, 0.5) is 263 Å². The van der Waals surface area contributed by atoms with Gasteiger partial charge in [-0.05, 0) is 0 Å². The lowest BCUT2D eigenvalue weighted by atomic mass is 9.92. The van der Waals surface area contributed by atoms with Crippen molar-refractivity contribution in [1.29, 1.82) is 0 Å². The summed E-state index contributed by atoms with van der Waals surface area (Å²) in [4.78, 5) is 60.3. The molecule has 0 aliphatic heterocycles. The topological polar surface area (TPSA) is 259 Å². The molecule has 12 N–H and O–H groups in total. The lowest BCUT2D eigenvalue weighted by Crippen LogP contribution is -2.69. The molecule has 0 fully saturated rings. The van der Waals surface area contributed by atoms with Crippen LogP contribution in [0.2, 0.25) is 0 Å². The Morgan fingerprint density at radius 1 is 0.135 bits per heavy atom. The fraction of sp³-hybridized carbons (Fsp3) is 0.889. The predicted molar refractivity (Wildman–Crippen MR) is 293 cm³/mol. The molecule has 0 spiro atoms. The standard InChI is InChI=1S/6C9H9F10NO/c6*1-2-3-5(10,11)7(14,15)9(18,19)8(16,17)6(12,13)4(20)21/h6*2-3H2,1H3,(H2,20,21). The van der Waals surface area contributed by atoms with E-state index in [4.69, 9.17) is 0 Å². The van der Waals surface area contributed by atoms with Crippen LogP contribution in [0, 0.1) is 0 Å². The number of hydrogen-bond acceptors (Lipinski definition) is 6. The van der Waals surface area contributed by atoms with E-state index in [2.05, 4.69) is 34.4 Å². The Labute approximate surface area is 658 Å². The van der Waals surface area contributed by atoms with E-state index in [1.54, 1.807) is 0 Å². The van der Waals surface area contributed by atoms with Crippen molar-refractivity contribution in [2.75, 3.05) is 0 Å². The third-order valence-electron chi connectivity index (χ3n) is 15.1. The molecule has 0 atom stereocenters. The normalized spacial score (nSPS) is 15.2. The molecule has 126 heavy (non-hydrogen) atoms. The summed E-state index contributed by atoms with van der Waals surface area (Å²) in [6, 6.07) is 0. The Hall–Kier alpha value is -7.38. The van der Waals surface area contributed by atoms with Crippen LogP contribution in [0.25, 0.3) is 0 Å². The SMILES string of the molecule is CCCC(F)(F)C(F)(F)C(F)(F)C(F)(F)C(F)(F)C(N)=O.CCCC(F)(F)C(F)(F)C(F)(F)C(F)(F)C(F)(F)C(N)=O.CCCC(F)(F)C(F)(F)C(F)(F)C(F)(F)C(F)(F)C(N)=O.CCCC(F)(F)C(F)(F)C(F)(F)C(F)(F)C(F)(F)C(N)=O.CCCC(F)(F)C(F)(F)C(F)(F)C(F)(F)C(F)(F)C(N)=O.CCCC(F)(F)C(F)(F)C(F)(F)C(F)(F)C(F)(F)C(N)=O. The van der Waals surface area contributed by atoms with E-state index in [1.165, 1.54) is 0 Å². The van der Waals surface area contributed by atoms with E-state index in [0.717, 1.165) is 41.5 Å². The third kappa shape index (κ3) is 21.6. The van der Waals surface area contributed by atoms with Crippen LogP contribution in [-0.4, -0.2) is 213 Å². The average molecular weight is 2020 g/mol. The van der Waals surface area contributed by atoms with Gasteiger partial charge < -0.3 is 34.4 Å². The molecule has 0 unspecified atom stereocenters. The van der Waals surface area contributed by atoms with E-state index in [0.29, 0.717) is 0 Å². The maximum atomic E-state index is 13.0. The molecule has 0 saturated heterocycles. The van der Waals surface area contributed by atoms with Crippen molar-refractivity contribution in [2.24, 2.45) is 34.4 Å². The van der Waals surface area contributed by atoms with E-state index in [9.17, 15) is 292 Å². The van der Waals surface area contributed by atoms with Crippen LogP contribution in [-0.2, 0) is 28.8 Å². The van der Waals surface area contributed by atoms with Crippen LogP contribution in [0.1, 0.15) is 119 Å². The number of halogens is 60. The first kappa shape index (κ1) is 129. The molecule has 6 amide bonds. The summed E-state index contributed by atoms with van der Waals surface area (Å²) in [5.41, 5.74) is 22.4. The Morgan fingerprint density at radius 3 is 0.246 bits per heavy atom. The van der Waals surface area contributed by atoms with Gasteiger partial charge in [-0.1, -0.05) is 80.1 Å². The molecule has 0 radical (unpaired) electrons. The molecular weight excluding hydrogens is 1970 g/mol. The van der Waals surface area contributed by atoms with Gasteiger partial charge in [-0.3, -0.25) is 28.8 Å². The fourth-order valence-corrected chi connectivity index (χ4v) is 7.50. The second-order valence-electron chi connectivity index (χ2n) is 24.7. The third-order valence-corrected chi connectivity index (χ3v) is 15.1. The molecular formula is C54H54F60N6O6. The highest BCUT2D eigenvalue weighted by molar-refractivity contribution is 5.85. The zero-order valence-corrected chi connectivity index (χ0v) is 61.1. The molecule has 0 aliphatic carbocycles. The molecule has 0 aromatic rings. The Bertz CT molecular complexity index is 3020. The van der Waals surface area contributed by atoms with Crippen LogP contribution < -0.4 is 34.4 Å². The van der Waals surface area contributed by atoms with Crippen molar-refractivity contribution in [3.8, 4) is 0 Å². The zero-order chi connectivity index (χ0) is 105. The first-order valence-corrected chi connectivity index (χ1v) is 31.2. The quantitative estimate of drug-likeness (QED) is 0.0324. The molecule has 0 aliphatic rings. The number of alkyl halides is 60. The number of nitrogens with two attached hydrogens (primary N) is 6. The van der Waals surface area contributed by atoms with Gasteiger partial charge in [0.15, 0.2) is 0 Å². The van der Waals surface area contributed by atoms with E-state index in [1.807, 2.05) is 0 Å². The molecule has 72 heteroatoms. The molecule has 0 saturated carbocycles. The van der Waals surface area contributed by atoms with E-state index in [-0.39, 0.29) is 0 Å². The predicted octanol–water partition coefficient (Wildman–Crippen LogP) is 20.7. The maximum absolute atomic E-state index is 13.0. The van der Waals surface area contributed by atoms with Crippen LogP contribution in [0.3, 0.4) is 0 Å². The molecule has 0 heterocycles. The lowest BCUT2D eigenvalue weighted by Gasteiger charge is -2.38. The van der Waals surface area contributed by atoms with Crippen LogP contribution in [0.15, 0.2) is 0 Å². The number of carbonyl (C=O) groups excluding carboxylic acids is 6. The second-order valence-corrected chi connectivity index (χ2v) is 24.7. The van der Waals surface area contributed by atoms with Crippen molar-refractivity contribution in [1.82, 2.24) is 0 Å². The fourth-order valence-electron chi connectivity index (χ4n) is 7.50. The highest BCUT2D eigenvalue weighted by Crippen LogP contribution is 2.65. The van der Waals surface area contributed by atoms with E-state index >= 15 is 0 Å². The monoisotopic (exact) mass is 2020 g/mol. The zero-order valence-electron chi connectivity index (χ0n) is 61.1. The number of hydrogen-bond donors (Lipinski definition) is 6. The minimum atomic E-state index is -7.22. The van der Waals surface area contributed by atoms with Crippen molar-refractivity contribution < 1.29 is 292 Å². The number of rotatable bonds is 42. The van der Waals surface area contributed by atoms with Gasteiger partial charge >= 0.3 is 178 Å². The van der Waals surface area contributed by atoms with Gasteiger partial charge in [0, 0.05) is 38.5 Å². The number of primary amides is 6. The van der Waals surface area contributed by atoms with Gasteiger partial charge in [0.2, 0.25) is 0 Å². The highest BCUT2D eigenvalue weighted by atomic mass is 19.4. The lowest BCUT2D eigenvalue weighted by molar-refractivity contribution is -0.395. The molecule has 0 bridgehead atoms. The first-order chi connectivity index (χ1) is 54.0. The maximum Gasteiger partial charge on any atom is 0.392 e. The first-order valence-electron chi connectivity index (χ1n) is 31.2. The molecule has 0 aromatic carbocycles. The van der Waals surface area contributed by atoms with Crippen molar-refractivity contribution in [3.63, 3.8) is 0 Å². The van der Waals surface area contributed by atoms with Gasteiger partial charge in [0.25, 0.3) is 35.4 Å². The van der Waals surface area contributed by atoms with Gasteiger partial charge in [-0.25, -0.2) is 0 Å². The van der Waals surface area contributed by atoms with Gasteiger partial charge in [0.05, 0.1) is 0 Å². The molecule has 0 aromatic heterocycles. The van der Waals surface area contributed by atoms with Gasteiger partial charge in [-0.15, -0.1) is 0 Å². The summed E-state index contributed by atoms with van der Waals surface area (Å²) >= 11 is 0. The summed E-state index contributed by atoms with van der Waals surface area (Å²) < 4.78 is 773. The summed E-state index contributed by atoms with van der Waals surface area (Å²) in [6.45, 7) is 5.07. The minimum Gasteiger partial charge on any atom is -0.364 e. The largest absolute Gasteiger partial charge is 0.392 e. The summed E-state index contributed by atoms with van der Waals surface area (Å²) in [7, 11) is 0. The van der Waals surface area contributed by atoms with Crippen molar-refractivity contribution >= 4 is 35.4 Å². The van der Waals surface area contributed by atoms with E-state index < -0.39 is 290 Å². The Balaban J connectivity index is -0.000000343. The summed E-state index contributed by atoms with van der Waals surface area (Å²) in [6.07, 6.45) is -16.7. The Kier molecular flexibility index (Phi) is 40.0. The van der Waals surface area contributed by atoms with Crippen LogP contribution >= 0.6 is 0 Å². The second kappa shape index (κ2) is 39.0. The minimum absolute atomic E-state index is 0.823. The Morgan fingerprint density at radius 2 is 0.198 bits per heavy atom. The van der Waals surface area contributed by atoms with Gasteiger partial charge in [-0.2, -0.15) is 263 Å². The highest BCUT2D eigenvalue weighted by Gasteiger charge is 2.93. The molecule has 0 rings (SSSR count). The number of carbonyl (C=O) groups is 6. The number of amides is 6. The smallest absolute Gasteiger partial charge is 0.364 e. The van der Waals surface area contributed by atoms with Gasteiger partial charge in [0.1, 0.15) is 0 Å². The van der Waals surface area contributed by atoms with Crippen LogP contribution in [0.5, 0.6) is 0 Å². The molecule has 12 nitrogen and oxygen atoms in total.